The molecule has 3 aliphatic carbocycles. The summed E-state index contributed by atoms with van der Waals surface area (Å²) in [7, 11) is 6.73. The summed E-state index contributed by atoms with van der Waals surface area (Å²) in [4.78, 5) is 82.2. The third-order valence-electron chi connectivity index (χ3n) is 9.10. The molecule has 2 fully saturated rings. The highest BCUT2D eigenvalue weighted by Gasteiger charge is 2.69. The molecule has 11 heteroatoms. The molecule has 0 radical (unpaired) electrons. The number of carbonyl (C=O) groups is 6. The van der Waals surface area contributed by atoms with E-state index in [2.05, 4.69) is 0 Å². The van der Waals surface area contributed by atoms with Crippen molar-refractivity contribution in [1.29, 1.82) is 0 Å². The Morgan fingerprint density at radius 3 is 2.21 bits per heavy atom. The molecule has 0 bridgehead atoms. The highest BCUT2D eigenvalue weighted by molar-refractivity contribution is 6.32. The normalized spacial score (nSPS) is 28.5. The number of amides is 1. The smallest absolute Gasteiger partial charge is 0.235 e. The van der Waals surface area contributed by atoms with Crippen LogP contribution in [0.3, 0.4) is 0 Å². The van der Waals surface area contributed by atoms with Crippen molar-refractivity contribution in [3.63, 3.8) is 0 Å². The van der Waals surface area contributed by atoms with Gasteiger partial charge >= 0.3 is 0 Å². The summed E-state index contributed by atoms with van der Waals surface area (Å²) in [6, 6.07) is 9.21. The van der Waals surface area contributed by atoms with Gasteiger partial charge < -0.3 is 20.8 Å². The molecule has 0 saturated heterocycles. The lowest BCUT2D eigenvalue weighted by molar-refractivity contribution is -0.181. The van der Waals surface area contributed by atoms with Gasteiger partial charge in [-0.05, 0) is 75.3 Å². The Hall–Kier alpha value is -4.06. The second kappa shape index (κ2) is 10.9. The topological polar surface area (TPSA) is 175 Å². The number of aliphatic hydroxyl groups is 1. The van der Waals surface area contributed by atoms with Gasteiger partial charge in [0.15, 0.2) is 40.4 Å². The zero-order valence-corrected chi connectivity index (χ0v) is 24.5. The number of phenols is 1. The number of hydrogen-bond acceptors (Lipinski definition) is 10. The quantitative estimate of drug-likeness (QED) is 0.379. The standard InChI is InChI=1S/C32H35N3O8/c1-34(2)14-18(36)11-15-5-7-16(8-6-15)19-9-10-22(37)24-20(19)12-17-13-21-26(35(3)4)28(39)25(31(33)42)30(41)32(21,43)29(40)23(17)27(24)38/h5-10,17,21,23,25-26,37,43H,11-14H2,1-4H3,(H2,33,42)/t17-,21-,23?,25?,26?,32-/m0/s1. The number of nitrogens with zero attached hydrogens (tertiary/aromatic N) is 2. The van der Waals surface area contributed by atoms with Crippen LogP contribution >= 0.6 is 0 Å². The summed E-state index contributed by atoms with van der Waals surface area (Å²) in [5, 5.41) is 22.5. The molecule has 0 aliphatic heterocycles. The average Bonchev–Trinajstić information content (AvgIpc) is 2.90. The largest absolute Gasteiger partial charge is 0.507 e. The first kappa shape index (κ1) is 30.4. The van der Waals surface area contributed by atoms with Crippen LogP contribution in [-0.4, -0.2) is 101 Å². The van der Waals surface area contributed by atoms with Gasteiger partial charge in [-0.2, -0.15) is 0 Å². The second-order valence-electron chi connectivity index (χ2n) is 12.4. The fourth-order valence-electron chi connectivity index (χ4n) is 7.31. The number of likely N-dealkylation sites (N-methyl/N-ethyl adjacent to an activating group) is 2. The van der Waals surface area contributed by atoms with Gasteiger partial charge in [-0.15, -0.1) is 0 Å². The first-order valence-electron chi connectivity index (χ1n) is 14.1. The Morgan fingerprint density at radius 2 is 1.63 bits per heavy atom. The maximum absolute atomic E-state index is 14.0. The fourth-order valence-corrected chi connectivity index (χ4v) is 7.31. The van der Waals surface area contributed by atoms with E-state index in [4.69, 9.17) is 5.73 Å². The minimum atomic E-state index is -2.76. The Bertz CT molecular complexity index is 1560. The molecular weight excluding hydrogens is 554 g/mol. The van der Waals surface area contributed by atoms with Gasteiger partial charge in [0, 0.05) is 12.3 Å². The van der Waals surface area contributed by atoms with Crippen LogP contribution in [0.25, 0.3) is 11.1 Å². The fraction of sp³-hybridized carbons (Fsp3) is 0.438. The molecule has 0 spiro atoms. The van der Waals surface area contributed by atoms with E-state index in [1.807, 2.05) is 38.4 Å². The van der Waals surface area contributed by atoms with E-state index in [1.54, 1.807) is 25.1 Å². The van der Waals surface area contributed by atoms with Gasteiger partial charge in [0.05, 0.1) is 24.1 Å². The molecule has 0 aromatic heterocycles. The van der Waals surface area contributed by atoms with Crippen LogP contribution in [0.5, 0.6) is 5.75 Å². The van der Waals surface area contributed by atoms with Gasteiger partial charge in [0.1, 0.15) is 5.75 Å². The third-order valence-corrected chi connectivity index (χ3v) is 9.10. The molecule has 5 rings (SSSR count). The lowest BCUT2D eigenvalue weighted by atomic mass is 9.52. The van der Waals surface area contributed by atoms with Gasteiger partial charge in [0.2, 0.25) is 5.91 Å². The maximum atomic E-state index is 14.0. The van der Waals surface area contributed by atoms with Crippen molar-refractivity contribution in [2.75, 3.05) is 34.7 Å². The monoisotopic (exact) mass is 589 g/mol. The summed E-state index contributed by atoms with van der Waals surface area (Å²) >= 11 is 0. The summed E-state index contributed by atoms with van der Waals surface area (Å²) in [5.74, 6) is -10.7. The molecule has 11 nitrogen and oxygen atoms in total. The maximum Gasteiger partial charge on any atom is 0.235 e. The number of rotatable bonds is 7. The van der Waals surface area contributed by atoms with E-state index in [0.717, 1.165) is 11.1 Å². The molecule has 2 aromatic carbocycles. The Kier molecular flexibility index (Phi) is 7.70. The van der Waals surface area contributed by atoms with Crippen molar-refractivity contribution in [2.45, 2.75) is 30.9 Å². The van der Waals surface area contributed by atoms with Crippen LogP contribution in [0.15, 0.2) is 36.4 Å². The van der Waals surface area contributed by atoms with Gasteiger partial charge in [-0.25, -0.2) is 0 Å². The predicted octanol–water partition coefficient (Wildman–Crippen LogP) is 0.207. The van der Waals surface area contributed by atoms with Crippen molar-refractivity contribution in [2.24, 2.45) is 29.4 Å². The molecule has 6 atom stereocenters. The van der Waals surface area contributed by atoms with E-state index < -0.39 is 64.4 Å². The van der Waals surface area contributed by atoms with Crippen molar-refractivity contribution >= 4 is 34.8 Å². The third kappa shape index (κ3) is 4.81. The molecule has 3 unspecified atom stereocenters. The van der Waals surface area contributed by atoms with E-state index in [1.165, 1.54) is 11.0 Å². The van der Waals surface area contributed by atoms with Crippen molar-refractivity contribution < 1.29 is 39.0 Å². The Labute approximate surface area is 248 Å². The van der Waals surface area contributed by atoms with Crippen molar-refractivity contribution in [3.05, 3.63) is 53.1 Å². The van der Waals surface area contributed by atoms with E-state index in [0.29, 0.717) is 17.7 Å². The highest BCUT2D eigenvalue weighted by atomic mass is 16.3. The number of aromatic hydroxyl groups is 1. The van der Waals surface area contributed by atoms with Crippen LogP contribution < -0.4 is 5.73 Å². The number of Topliss-reactive ketones (excluding diaryl/α,β-unsaturated/α-hetero) is 5. The molecule has 3 aliphatic rings. The van der Waals surface area contributed by atoms with Gasteiger partial charge in [0.25, 0.3) is 0 Å². The van der Waals surface area contributed by atoms with Crippen LogP contribution in [0.2, 0.25) is 0 Å². The Morgan fingerprint density at radius 1 is 0.977 bits per heavy atom. The minimum absolute atomic E-state index is 0.0219. The summed E-state index contributed by atoms with van der Waals surface area (Å²) in [5.41, 5.74) is 5.29. The van der Waals surface area contributed by atoms with E-state index >= 15 is 0 Å². The first-order chi connectivity index (χ1) is 20.2. The molecular formula is C32H35N3O8. The number of benzene rings is 2. The number of primary amides is 1. The summed E-state index contributed by atoms with van der Waals surface area (Å²) in [6.45, 7) is 0.321. The molecule has 226 valence electrons. The molecule has 4 N–H and O–H groups in total. The van der Waals surface area contributed by atoms with Gasteiger partial charge in [-0.3, -0.25) is 33.7 Å². The molecule has 2 saturated carbocycles. The van der Waals surface area contributed by atoms with Crippen LogP contribution in [0.4, 0.5) is 0 Å². The number of ketones is 5. The zero-order chi connectivity index (χ0) is 31.5. The van der Waals surface area contributed by atoms with E-state index in [-0.39, 0.29) is 36.4 Å². The average molecular weight is 590 g/mol. The van der Waals surface area contributed by atoms with Crippen LogP contribution in [0, 0.1) is 23.7 Å². The van der Waals surface area contributed by atoms with Crippen LogP contribution in [-0.2, 0) is 36.8 Å². The predicted molar refractivity (Wildman–Crippen MR) is 154 cm³/mol. The molecule has 2 aromatic rings. The highest BCUT2D eigenvalue weighted by Crippen LogP contribution is 2.51. The van der Waals surface area contributed by atoms with Crippen LogP contribution in [0.1, 0.15) is 27.9 Å². The number of phenolic OH excluding ortho intramolecular Hbond substituents is 1. The lowest BCUT2D eigenvalue weighted by Crippen LogP contribution is -2.74. The van der Waals surface area contributed by atoms with Crippen molar-refractivity contribution in [3.8, 4) is 16.9 Å². The second-order valence-corrected chi connectivity index (χ2v) is 12.4. The number of fused-ring (bicyclic) bond motifs is 3. The molecule has 1 amide bonds. The van der Waals surface area contributed by atoms with Gasteiger partial charge in [-0.1, -0.05) is 30.3 Å². The zero-order valence-electron chi connectivity index (χ0n) is 24.5. The SMILES string of the molecule is CN(C)CC(=O)Cc1ccc(-c2ccc(O)c3c2C[C@H]2C[C@H]4C(N(C)C)C(=O)C(C(N)=O)C(=O)[C@@]4(O)C(=O)C2C3=O)cc1. The van der Waals surface area contributed by atoms with Crippen molar-refractivity contribution in [1.82, 2.24) is 9.80 Å². The number of hydrogen-bond donors (Lipinski definition) is 3. The summed E-state index contributed by atoms with van der Waals surface area (Å²) in [6.07, 6.45) is 0.409. The molecule has 43 heavy (non-hydrogen) atoms. The first-order valence-corrected chi connectivity index (χ1v) is 14.1. The Balaban J connectivity index is 1.54. The lowest BCUT2D eigenvalue weighted by Gasteiger charge is -2.52. The number of nitrogens with two attached hydrogens (primary N) is 1. The minimum Gasteiger partial charge on any atom is -0.507 e. The molecule has 0 heterocycles. The summed E-state index contributed by atoms with van der Waals surface area (Å²) < 4.78 is 0. The van der Waals surface area contributed by atoms with E-state index in [9.17, 15) is 39.0 Å². The number of carbonyl (C=O) groups excluding carboxylic acids is 6.